The standard InChI is InChI=1S/C12H18O4/c1-4-15-11(13)10(12(14)16-5-2)8(3)9-6-7-9/h9-10H,3-7H2,1-2H3. The molecule has 0 aromatic heterocycles. The number of ether oxygens (including phenoxy) is 2. The highest BCUT2D eigenvalue weighted by Crippen LogP contribution is 2.39. The van der Waals surface area contributed by atoms with Crippen LogP contribution in [0.3, 0.4) is 0 Å². The molecule has 0 saturated heterocycles. The molecule has 1 aliphatic carbocycles. The summed E-state index contributed by atoms with van der Waals surface area (Å²) < 4.78 is 9.74. The van der Waals surface area contributed by atoms with Crippen LogP contribution in [-0.4, -0.2) is 25.2 Å². The summed E-state index contributed by atoms with van der Waals surface area (Å²) >= 11 is 0. The van der Waals surface area contributed by atoms with Gasteiger partial charge in [0.05, 0.1) is 13.2 Å². The Morgan fingerprint density at radius 3 is 1.94 bits per heavy atom. The Morgan fingerprint density at radius 1 is 1.19 bits per heavy atom. The molecule has 4 heteroatoms. The monoisotopic (exact) mass is 226 g/mol. The molecular weight excluding hydrogens is 208 g/mol. The first-order valence-corrected chi connectivity index (χ1v) is 5.63. The molecule has 0 unspecified atom stereocenters. The summed E-state index contributed by atoms with van der Waals surface area (Å²) in [5, 5.41) is 0. The molecule has 0 aromatic rings. The molecule has 4 nitrogen and oxygen atoms in total. The lowest BCUT2D eigenvalue weighted by Gasteiger charge is -2.16. The van der Waals surface area contributed by atoms with Gasteiger partial charge in [-0.15, -0.1) is 0 Å². The van der Waals surface area contributed by atoms with Crippen LogP contribution < -0.4 is 0 Å². The van der Waals surface area contributed by atoms with Gasteiger partial charge >= 0.3 is 11.9 Å². The van der Waals surface area contributed by atoms with E-state index in [1.165, 1.54) is 0 Å². The van der Waals surface area contributed by atoms with E-state index in [9.17, 15) is 9.59 Å². The van der Waals surface area contributed by atoms with Crippen LogP contribution in [0.5, 0.6) is 0 Å². The first-order valence-electron chi connectivity index (χ1n) is 5.63. The van der Waals surface area contributed by atoms with Gasteiger partial charge in [0, 0.05) is 0 Å². The topological polar surface area (TPSA) is 52.6 Å². The van der Waals surface area contributed by atoms with E-state index in [4.69, 9.17) is 9.47 Å². The van der Waals surface area contributed by atoms with Crippen LogP contribution in [0.25, 0.3) is 0 Å². The fraction of sp³-hybridized carbons (Fsp3) is 0.667. The Bertz CT molecular complexity index is 273. The number of carbonyl (C=O) groups excluding carboxylic acids is 2. The van der Waals surface area contributed by atoms with E-state index in [0.29, 0.717) is 5.57 Å². The van der Waals surface area contributed by atoms with Crippen molar-refractivity contribution >= 4 is 11.9 Å². The van der Waals surface area contributed by atoms with Crippen molar-refractivity contribution in [2.45, 2.75) is 26.7 Å². The van der Waals surface area contributed by atoms with Crippen molar-refractivity contribution in [1.82, 2.24) is 0 Å². The fourth-order valence-electron chi connectivity index (χ4n) is 1.54. The molecule has 1 rings (SSSR count). The zero-order valence-corrected chi connectivity index (χ0v) is 9.82. The number of hydrogen-bond acceptors (Lipinski definition) is 4. The van der Waals surface area contributed by atoms with Crippen LogP contribution >= 0.6 is 0 Å². The van der Waals surface area contributed by atoms with Crippen molar-refractivity contribution in [2.24, 2.45) is 11.8 Å². The van der Waals surface area contributed by atoms with Gasteiger partial charge < -0.3 is 9.47 Å². The van der Waals surface area contributed by atoms with Crippen LogP contribution in [0, 0.1) is 11.8 Å². The minimum absolute atomic E-state index is 0.257. The number of carbonyl (C=O) groups is 2. The number of hydrogen-bond donors (Lipinski definition) is 0. The first kappa shape index (κ1) is 12.7. The van der Waals surface area contributed by atoms with E-state index >= 15 is 0 Å². The lowest BCUT2D eigenvalue weighted by atomic mass is 9.97. The average Bonchev–Trinajstić information content (AvgIpc) is 3.01. The fourth-order valence-corrected chi connectivity index (χ4v) is 1.54. The predicted octanol–water partition coefficient (Wildman–Crippen LogP) is 1.70. The number of rotatable bonds is 6. The van der Waals surface area contributed by atoms with Crippen LogP contribution in [0.4, 0.5) is 0 Å². The summed E-state index contributed by atoms with van der Waals surface area (Å²) in [6, 6.07) is 0. The maximum Gasteiger partial charge on any atom is 0.324 e. The largest absolute Gasteiger partial charge is 0.465 e. The van der Waals surface area contributed by atoms with Crippen LogP contribution in [-0.2, 0) is 19.1 Å². The molecular formula is C12H18O4. The van der Waals surface area contributed by atoms with Crippen molar-refractivity contribution in [1.29, 1.82) is 0 Å². The lowest BCUT2D eigenvalue weighted by Crippen LogP contribution is -2.30. The third kappa shape index (κ3) is 3.08. The molecule has 0 bridgehead atoms. The maximum atomic E-state index is 11.6. The molecule has 1 saturated carbocycles. The van der Waals surface area contributed by atoms with Crippen molar-refractivity contribution in [3.63, 3.8) is 0 Å². The summed E-state index contributed by atoms with van der Waals surface area (Å²) in [5.74, 6) is -1.75. The van der Waals surface area contributed by atoms with E-state index in [0.717, 1.165) is 12.8 Å². The van der Waals surface area contributed by atoms with Gasteiger partial charge in [-0.25, -0.2) is 0 Å². The quantitative estimate of drug-likeness (QED) is 0.393. The third-order valence-electron chi connectivity index (χ3n) is 2.52. The summed E-state index contributed by atoms with van der Waals surface area (Å²) in [5.41, 5.74) is 0.636. The van der Waals surface area contributed by atoms with Gasteiger partial charge in [0.1, 0.15) is 0 Å². The smallest absolute Gasteiger partial charge is 0.324 e. The van der Waals surface area contributed by atoms with Gasteiger partial charge in [-0.2, -0.15) is 0 Å². The Hall–Kier alpha value is -1.32. The minimum atomic E-state index is -0.938. The van der Waals surface area contributed by atoms with Crippen LogP contribution in [0.1, 0.15) is 26.7 Å². The number of esters is 2. The second-order valence-electron chi connectivity index (χ2n) is 3.79. The predicted molar refractivity (Wildman–Crippen MR) is 58.6 cm³/mol. The normalized spacial score (nSPS) is 14.7. The van der Waals surface area contributed by atoms with Gasteiger partial charge in [-0.1, -0.05) is 6.58 Å². The Kier molecular flexibility index (Phi) is 4.52. The van der Waals surface area contributed by atoms with Crippen LogP contribution in [0.2, 0.25) is 0 Å². The van der Waals surface area contributed by atoms with E-state index in [1.54, 1.807) is 13.8 Å². The highest BCUT2D eigenvalue weighted by molar-refractivity contribution is 5.98. The van der Waals surface area contributed by atoms with Gasteiger partial charge in [-0.05, 0) is 38.2 Å². The van der Waals surface area contributed by atoms with Crippen molar-refractivity contribution in [3.05, 3.63) is 12.2 Å². The summed E-state index contributed by atoms with van der Waals surface area (Å²) in [7, 11) is 0. The highest BCUT2D eigenvalue weighted by atomic mass is 16.6. The molecule has 0 amide bonds. The van der Waals surface area contributed by atoms with Gasteiger partial charge in [0.25, 0.3) is 0 Å². The van der Waals surface area contributed by atoms with Crippen molar-refractivity contribution < 1.29 is 19.1 Å². The minimum Gasteiger partial charge on any atom is -0.465 e. The van der Waals surface area contributed by atoms with E-state index in [-0.39, 0.29) is 19.1 Å². The summed E-state index contributed by atoms with van der Waals surface area (Å²) in [6.07, 6.45) is 1.99. The van der Waals surface area contributed by atoms with Crippen molar-refractivity contribution in [3.8, 4) is 0 Å². The molecule has 0 atom stereocenters. The molecule has 1 fully saturated rings. The molecule has 0 spiro atoms. The molecule has 0 aromatic carbocycles. The second kappa shape index (κ2) is 5.68. The Balaban J connectivity index is 2.70. The molecule has 0 radical (unpaired) electrons. The molecule has 0 N–H and O–H groups in total. The molecule has 16 heavy (non-hydrogen) atoms. The van der Waals surface area contributed by atoms with Gasteiger partial charge in [-0.3, -0.25) is 9.59 Å². The van der Waals surface area contributed by atoms with E-state index < -0.39 is 17.9 Å². The zero-order chi connectivity index (χ0) is 12.1. The van der Waals surface area contributed by atoms with Gasteiger partial charge in [0.15, 0.2) is 5.92 Å². The maximum absolute atomic E-state index is 11.6. The average molecular weight is 226 g/mol. The molecule has 0 aliphatic heterocycles. The van der Waals surface area contributed by atoms with E-state index in [1.807, 2.05) is 0 Å². The second-order valence-corrected chi connectivity index (χ2v) is 3.79. The Morgan fingerprint density at radius 2 is 1.62 bits per heavy atom. The summed E-state index contributed by atoms with van der Waals surface area (Å²) in [4.78, 5) is 23.3. The zero-order valence-electron chi connectivity index (χ0n) is 9.82. The van der Waals surface area contributed by atoms with Gasteiger partial charge in [0.2, 0.25) is 0 Å². The highest BCUT2D eigenvalue weighted by Gasteiger charge is 2.39. The SMILES string of the molecule is C=C(C1CC1)C(C(=O)OCC)C(=O)OCC. The van der Waals surface area contributed by atoms with E-state index in [2.05, 4.69) is 6.58 Å². The molecule has 0 heterocycles. The first-order chi connectivity index (χ1) is 7.61. The Labute approximate surface area is 95.6 Å². The third-order valence-corrected chi connectivity index (χ3v) is 2.52. The summed E-state index contributed by atoms with van der Waals surface area (Å²) in [6.45, 7) is 7.75. The lowest BCUT2D eigenvalue weighted by molar-refractivity contribution is -0.159. The molecule has 1 aliphatic rings. The molecule has 90 valence electrons. The van der Waals surface area contributed by atoms with Crippen LogP contribution in [0.15, 0.2) is 12.2 Å². The van der Waals surface area contributed by atoms with Crippen molar-refractivity contribution in [2.75, 3.05) is 13.2 Å².